The first-order chi connectivity index (χ1) is 16.7. The normalized spacial score (nSPS) is 10.8. The van der Waals surface area contributed by atoms with Crippen molar-refractivity contribution in [1.29, 1.82) is 0 Å². The summed E-state index contributed by atoms with van der Waals surface area (Å²) in [6.45, 7) is 2.04. The summed E-state index contributed by atoms with van der Waals surface area (Å²) in [6, 6.07) is 32.7. The quantitative estimate of drug-likeness (QED) is 0.244. The molecule has 0 aliphatic rings. The average molecular weight is 465 g/mol. The second-order valence-corrected chi connectivity index (χ2v) is 8.75. The Morgan fingerprint density at radius 3 is 2.06 bits per heavy atom. The van der Waals surface area contributed by atoms with Crippen molar-refractivity contribution in [3.05, 3.63) is 103 Å². The molecule has 6 heteroatoms. The number of methoxy groups -OCH3 is 1. The number of benzene rings is 4. The highest BCUT2D eigenvalue weighted by Crippen LogP contribution is 2.31. The summed E-state index contributed by atoms with van der Waals surface area (Å²) in [5, 5.41) is 3.42. The van der Waals surface area contributed by atoms with E-state index in [1.165, 1.54) is 23.1 Å². The van der Waals surface area contributed by atoms with Gasteiger partial charge in [-0.25, -0.2) is 9.97 Å². The van der Waals surface area contributed by atoms with Crippen LogP contribution in [-0.2, 0) is 0 Å². The number of nitrogens with one attached hydrogen (secondary N) is 2. The number of rotatable bonds is 7. The van der Waals surface area contributed by atoms with Gasteiger partial charge in [0.1, 0.15) is 5.75 Å². The summed E-state index contributed by atoms with van der Waals surface area (Å²) in [5.74, 6) is 2.11. The molecule has 5 rings (SSSR count). The van der Waals surface area contributed by atoms with E-state index in [-0.39, 0.29) is 0 Å². The van der Waals surface area contributed by atoms with Crippen LogP contribution in [0.15, 0.2) is 102 Å². The highest BCUT2D eigenvalue weighted by molar-refractivity contribution is 8.00. The molecule has 2 N–H and O–H groups in total. The van der Waals surface area contributed by atoms with Crippen molar-refractivity contribution in [3.8, 4) is 16.9 Å². The molecule has 0 saturated heterocycles. The van der Waals surface area contributed by atoms with E-state index in [0.717, 1.165) is 32.9 Å². The molecule has 0 radical (unpaired) electrons. The predicted octanol–water partition coefficient (Wildman–Crippen LogP) is 7.48. The van der Waals surface area contributed by atoms with Gasteiger partial charge < -0.3 is 14.8 Å². The second-order valence-electron chi connectivity index (χ2n) is 7.87. The zero-order valence-electron chi connectivity index (χ0n) is 18.9. The largest absolute Gasteiger partial charge is 0.497 e. The lowest BCUT2D eigenvalue weighted by molar-refractivity contribution is 0.414. The van der Waals surface area contributed by atoms with E-state index in [0.29, 0.717) is 11.6 Å². The number of ether oxygens (including phenoxy) is 1. The number of nitrogens with zero attached hydrogens (tertiary/aromatic N) is 2. The lowest BCUT2D eigenvalue weighted by atomic mass is 10.1. The van der Waals surface area contributed by atoms with Gasteiger partial charge in [0.05, 0.1) is 18.1 Å². The molecule has 0 fully saturated rings. The molecule has 0 unspecified atom stereocenters. The minimum absolute atomic E-state index is 0.653. The van der Waals surface area contributed by atoms with Crippen LogP contribution in [0.4, 0.5) is 17.3 Å². The minimum atomic E-state index is 0.653. The second kappa shape index (κ2) is 9.85. The Labute approximate surface area is 203 Å². The summed E-state index contributed by atoms with van der Waals surface area (Å²) in [7, 11) is 1.67. The molecule has 1 aromatic heterocycles. The third kappa shape index (κ3) is 4.97. The SMILES string of the molecule is COc1cc(C)cc(Nc2nc3ccccc3nc2NSc2ccc(-c3ccccc3)cc2)c1. The molecule has 0 aliphatic heterocycles. The van der Waals surface area contributed by atoms with Crippen molar-refractivity contribution in [3.63, 3.8) is 0 Å². The molecule has 0 aliphatic carbocycles. The number of aromatic nitrogens is 2. The number of aryl methyl sites for hydroxylation is 1. The standard InChI is InChI=1S/C28H24N4OS/c1-19-16-22(18-23(17-19)33-2)29-27-28(31-26-11-7-6-10-25(26)30-27)32-34-24-14-12-21(13-15-24)20-8-4-3-5-9-20/h3-18H,1-2H3,(H,29,30)(H,31,32). The van der Waals surface area contributed by atoms with Crippen molar-refractivity contribution in [1.82, 2.24) is 9.97 Å². The molecular formula is C28H24N4OS. The maximum absolute atomic E-state index is 5.42. The fourth-order valence-corrected chi connectivity index (χ4v) is 4.32. The van der Waals surface area contributed by atoms with Crippen LogP contribution in [-0.4, -0.2) is 17.1 Å². The fourth-order valence-electron chi connectivity index (χ4n) is 3.69. The summed E-state index contributed by atoms with van der Waals surface area (Å²) in [6.07, 6.45) is 0. The maximum atomic E-state index is 5.42. The van der Waals surface area contributed by atoms with Crippen LogP contribution in [0, 0.1) is 6.92 Å². The highest BCUT2D eigenvalue weighted by atomic mass is 32.2. The molecule has 168 valence electrons. The van der Waals surface area contributed by atoms with Gasteiger partial charge in [0.15, 0.2) is 11.6 Å². The first kappa shape index (κ1) is 21.8. The van der Waals surface area contributed by atoms with Gasteiger partial charge in [0, 0.05) is 16.6 Å². The Balaban J connectivity index is 1.41. The van der Waals surface area contributed by atoms with Crippen LogP contribution in [0.3, 0.4) is 0 Å². The predicted molar refractivity (Wildman–Crippen MR) is 142 cm³/mol. The zero-order valence-corrected chi connectivity index (χ0v) is 19.8. The van der Waals surface area contributed by atoms with Crippen molar-refractivity contribution >= 4 is 40.3 Å². The summed E-state index contributed by atoms with van der Waals surface area (Å²) in [5.41, 5.74) is 6.03. The van der Waals surface area contributed by atoms with Gasteiger partial charge in [-0.15, -0.1) is 0 Å². The molecule has 0 atom stereocenters. The Hall–Kier alpha value is -4.03. The first-order valence-corrected chi connectivity index (χ1v) is 11.8. The molecular weight excluding hydrogens is 440 g/mol. The molecule has 4 aromatic carbocycles. The summed E-state index contributed by atoms with van der Waals surface area (Å²) < 4.78 is 8.82. The molecule has 0 spiro atoms. The van der Waals surface area contributed by atoms with E-state index in [9.17, 15) is 0 Å². The van der Waals surface area contributed by atoms with E-state index >= 15 is 0 Å². The van der Waals surface area contributed by atoms with Gasteiger partial charge in [0.2, 0.25) is 0 Å². The number of hydrogen-bond donors (Lipinski definition) is 2. The molecule has 5 nitrogen and oxygen atoms in total. The van der Waals surface area contributed by atoms with E-state index in [2.05, 4.69) is 64.6 Å². The van der Waals surface area contributed by atoms with E-state index < -0.39 is 0 Å². The van der Waals surface area contributed by atoms with E-state index in [4.69, 9.17) is 14.7 Å². The Morgan fingerprint density at radius 2 is 1.35 bits per heavy atom. The van der Waals surface area contributed by atoms with Gasteiger partial charge in [-0.1, -0.05) is 54.6 Å². The fraction of sp³-hybridized carbons (Fsp3) is 0.0714. The monoisotopic (exact) mass is 464 g/mol. The zero-order chi connectivity index (χ0) is 23.3. The van der Waals surface area contributed by atoms with Gasteiger partial charge in [-0.3, -0.25) is 0 Å². The lowest BCUT2D eigenvalue weighted by Crippen LogP contribution is -2.02. The van der Waals surface area contributed by atoms with Crippen molar-refractivity contribution in [2.45, 2.75) is 11.8 Å². The number of anilines is 3. The van der Waals surface area contributed by atoms with Gasteiger partial charge in [-0.05, 0) is 72.0 Å². The van der Waals surface area contributed by atoms with Crippen LogP contribution < -0.4 is 14.8 Å². The van der Waals surface area contributed by atoms with E-state index in [1.807, 2.05) is 49.4 Å². The number of fused-ring (bicyclic) bond motifs is 1. The van der Waals surface area contributed by atoms with Crippen LogP contribution in [0.2, 0.25) is 0 Å². The number of para-hydroxylation sites is 2. The van der Waals surface area contributed by atoms with Gasteiger partial charge >= 0.3 is 0 Å². The van der Waals surface area contributed by atoms with Crippen molar-refractivity contribution in [2.75, 3.05) is 17.1 Å². The molecule has 1 heterocycles. The third-order valence-electron chi connectivity index (χ3n) is 5.35. The third-order valence-corrected chi connectivity index (χ3v) is 6.15. The molecule has 34 heavy (non-hydrogen) atoms. The summed E-state index contributed by atoms with van der Waals surface area (Å²) in [4.78, 5) is 10.7. The summed E-state index contributed by atoms with van der Waals surface area (Å²) >= 11 is 1.50. The topological polar surface area (TPSA) is 59.1 Å². The minimum Gasteiger partial charge on any atom is -0.497 e. The molecule has 0 bridgehead atoms. The molecule has 0 saturated carbocycles. The van der Waals surface area contributed by atoms with Gasteiger partial charge in [0.25, 0.3) is 0 Å². The van der Waals surface area contributed by atoms with Crippen LogP contribution in [0.25, 0.3) is 22.2 Å². The maximum Gasteiger partial charge on any atom is 0.180 e. The van der Waals surface area contributed by atoms with Crippen LogP contribution in [0.1, 0.15) is 5.56 Å². The smallest absolute Gasteiger partial charge is 0.180 e. The van der Waals surface area contributed by atoms with Crippen LogP contribution >= 0.6 is 11.9 Å². The van der Waals surface area contributed by atoms with Crippen molar-refractivity contribution < 1.29 is 4.74 Å². The Kier molecular flexibility index (Phi) is 6.31. The Morgan fingerprint density at radius 1 is 0.706 bits per heavy atom. The number of hydrogen-bond acceptors (Lipinski definition) is 6. The average Bonchev–Trinajstić information content (AvgIpc) is 2.88. The highest BCUT2D eigenvalue weighted by Gasteiger charge is 2.11. The lowest BCUT2D eigenvalue weighted by Gasteiger charge is -2.14. The van der Waals surface area contributed by atoms with E-state index in [1.54, 1.807) is 7.11 Å². The van der Waals surface area contributed by atoms with Gasteiger partial charge in [-0.2, -0.15) is 0 Å². The first-order valence-electron chi connectivity index (χ1n) is 11.0. The van der Waals surface area contributed by atoms with Crippen LogP contribution in [0.5, 0.6) is 5.75 Å². The Bertz CT molecular complexity index is 1420. The van der Waals surface area contributed by atoms with Crippen molar-refractivity contribution in [2.24, 2.45) is 0 Å². The molecule has 0 amide bonds. The molecule has 5 aromatic rings.